The van der Waals surface area contributed by atoms with Crippen LogP contribution in [0.5, 0.6) is 0 Å². The zero-order valence-corrected chi connectivity index (χ0v) is 15.5. The predicted molar refractivity (Wildman–Crippen MR) is 102 cm³/mol. The van der Waals surface area contributed by atoms with E-state index in [9.17, 15) is 13.2 Å². The third-order valence-corrected chi connectivity index (χ3v) is 6.59. The van der Waals surface area contributed by atoms with Crippen molar-refractivity contribution in [3.63, 3.8) is 0 Å². The molecular weight excluding hydrogens is 348 g/mol. The molecule has 1 aliphatic rings. The van der Waals surface area contributed by atoms with Gasteiger partial charge in [-0.3, -0.25) is 4.79 Å². The van der Waals surface area contributed by atoms with Crippen LogP contribution in [-0.4, -0.2) is 44.0 Å². The molecule has 1 fully saturated rings. The van der Waals surface area contributed by atoms with Crippen LogP contribution in [0.15, 0.2) is 60.7 Å². The lowest BCUT2D eigenvalue weighted by Gasteiger charge is -2.19. The summed E-state index contributed by atoms with van der Waals surface area (Å²) in [4.78, 5) is 12.1. The molecule has 1 N–H and O–H groups in total. The average molecular weight is 372 g/mol. The second kappa shape index (κ2) is 8.47. The molecule has 0 unspecified atom stereocenters. The molecule has 0 radical (unpaired) electrons. The minimum absolute atomic E-state index is 0.0797. The second-order valence-electron chi connectivity index (χ2n) is 6.52. The number of sulfonamides is 1. The Bertz CT molecular complexity index is 783. The minimum Gasteiger partial charge on any atom is -0.355 e. The Labute approximate surface area is 155 Å². The van der Waals surface area contributed by atoms with Gasteiger partial charge in [0.2, 0.25) is 15.9 Å². The molecule has 0 aliphatic carbocycles. The molecule has 0 atom stereocenters. The number of carbonyl (C=O) groups excluding carboxylic acids is 1. The van der Waals surface area contributed by atoms with Gasteiger partial charge in [0.1, 0.15) is 0 Å². The van der Waals surface area contributed by atoms with Crippen molar-refractivity contribution in [2.24, 2.45) is 0 Å². The Balaban J connectivity index is 1.59. The van der Waals surface area contributed by atoms with Crippen LogP contribution in [-0.2, 0) is 14.8 Å². The minimum atomic E-state index is -3.24. The van der Waals surface area contributed by atoms with Gasteiger partial charge in [0, 0.05) is 19.0 Å². The van der Waals surface area contributed by atoms with E-state index in [0.29, 0.717) is 19.5 Å². The lowest BCUT2D eigenvalue weighted by molar-refractivity contribution is -0.121. The Hall–Kier alpha value is -2.18. The quantitative estimate of drug-likeness (QED) is 0.811. The smallest absolute Gasteiger partial charge is 0.235 e. The van der Waals surface area contributed by atoms with Crippen molar-refractivity contribution >= 4 is 15.9 Å². The molecule has 6 heteroatoms. The standard InChI is InChI=1S/C20H24N2O3S/c23-20(16-22-14-7-15-26(22,24)25)21-13-12-19(17-8-3-1-4-9-17)18-10-5-2-6-11-18/h1-6,8-11,19H,7,12-16H2,(H,21,23). The highest BCUT2D eigenvalue weighted by Gasteiger charge is 2.29. The number of rotatable bonds is 7. The molecule has 1 heterocycles. The zero-order chi connectivity index (χ0) is 18.4. The Kier molecular flexibility index (Phi) is 6.06. The molecule has 5 nitrogen and oxygen atoms in total. The van der Waals surface area contributed by atoms with E-state index < -0.39 is 10.0 Å². The summed E-state index contributed by atoms with van der Waals surface area (Å²) in [6, 6.07) is 20.4. The van der Waals surface area contributed by atoms with Crippen LogP contribution in [0, 0.1) is 0 Å². The van der Waals surface area contributed by atoms with Gasteiger partial charge in [-0.1, -0.05) is 60.7 Å². The molecule has 1 saturated heterocycles. The zero-order valence-electron chi connectivity index (χ0n) is 14.7. The largest absolute Gasteiger partial charge is 0.355 e. The van der Waals surface area contributed by atoms with E-state index in [4.69, 9.17) is 0 Å². The topological polar surface area (TPSA) is 66.5 Å². The summed E-state index contributed by atoms with van der Waals surface area (Å²) in [5, 5.41) is 2.87. The van der Waals surface area contributed by atoms with Crippen molar-refractivity contribution < 1.29 is 13.2 Å². The Morgan fingerprint density at radius 1 is 1.00 bits per heavy atom. The highest BCUT2D eigenvalue weighted by atomic mass is 32.2. The Morgan fingerprint density at radius 2 is 1.58 bits per heavy atom. The maximum atomic E-state index is 12.1. The van der Waals surface area contributed by atoms with Crippen molar-refractivity contribution in [3.8, 4) is 0 Å². The lowest BCUT2D eigenvalue weighted by atomic mass is 9.88. The van der Waals surface area contributed by atoms with Gasteiger partial charge in [0.15, 0.2) is 0 Å². The van der Waals surface area contributed by atoms with Crippen LogP contribution >= 0.6 is 0 Å². The predicted octanol–water partition coefficient (Wildman–Crippen LogP) is 2.36. The van der Waals surface area contributed by atoms with Crippen molar-refractivity contribution in [3.05, 3.63) is 71.8 Å². The molecule has 1 aliphatic heterocycles. The van der Waals surface area contributed by atoms with Crippen molar-refractivity contribution in [2.45, 2.75) is 18.8 Å². The normalized spacial score (nSPS) is 16.7. The van der Waals surface area contributed by atoms with Crippen LogP contribution in [0.2, 0.25) is 0 Å². The summed E-state index contributed by atoms with van der Waals surface area (Å²) in [6.07, 6.45) is 1.35. The SMILES string of the molecule is O=C(CN1CCCS1(=O)=O)NCCC(c1ccccc1)c1ccccc1. The molecule has 26 heavy (non-hydrogen) atoms. The first-order valence-corrected chi connectivity index (χ1v) is 10.5. The number of hydrogen-bond donors (Lipinski definition) is 1. The molecule has 138 valence electrons. The molecule has 0 bridgehead atoms. The first kappa shape index (κ1) is 18.6. The average Bonchev–Trinajstić information content (AvgIpc) is 2.98. The summed E-state index contributed by atoms with van der Waals surface area (Å²) in [5.41, 5.74) is 2.41. The highest BCUT2D eigenvalue weighted by Crippen LogP contribution is 2.27. The summed E-state index contributed by atoms with van der Waals surface area (Å²) >= 11 is 0. The molecular formula is C20H24N2O3S. The van der Waals surface area contributed by atoms with Gasteiger partial charge in [-0.05, 0) is 24.0 Å². The fourth-order valence-corrected chi connectivity index (χ4v) is 4.81. The highest BCUT2D eigenvalue weighted by molar-refractivity contribution is 7.89. The maximum absolute atomic E-state index is 12.1. The Morgan fingerprint density at radius 3 is 2.08 bits per heavy atom. The molecule has 0 spiro atoms. The summed E-state index contributed by atoms with van der Waals surface area (Å²) in [5.74, 6) is 0.0910. The number of carbonyl (C=O) groups is 1. The second-order valence-corrected chi connectivity index (χ2v) is 8.60. The number of nitrogens with zero attached hydrogens (tertiary/aromatic N) is 1. The fraction of sp³-hybridized carbons (Fsp3) is 0.350. The van der Waals surface area contributed by atoms with E-state index in [1.54, 1.807) is 0 Å². The number of benzene rings is 2. The first-order valence-electron chi connectivity index (χ1n) is 8.91. The van der Waals surface area contributed by atoms with Crippen molar-refractivity contribution in [2.75, 3.05) is 25.4 Å². The van der Waals surface area contributed by atoms with Gasteiger partial charge in [0.25, 0.3) is 0 Å². The summed E-state index contributed by atoms with van der Waals surface area (Å²) in [7, 11) is -3.24. The van der Waals surface area contributed by atoms with Gasteiger partial charge >= 0.3 is 0 Å². The summed E-state index contributed by atoms with van der Waals surface area (Å²) in [6.45, 7) is 0.858. The van der Waals surface area contributed by atoms with E-state index >= 15 is 0 Å². The third-order valence-electron chi connectivity index (χ3n) is 4.68. The van der Waals surface area contributed by atoms with E-state index in [1.165, 1.54) is 15.4 Å². The van der Waals surface area contributed by atoms with Gasteiger partial charge in [-0.2, -0.15) is 4.31 Å². The van der Waals surface area contributed by atoms with Crippen LogP contribution in [0.1, 0.15) is 29.9 Å². The fourth-order valence-electron chi connectivity index (χ4n) is 3.34. The molecule has 3 rings (SSSR count). The van der Waals surface area contributed by atoms with Crippen molar-refractivity contribution in [1.82, 2.24) is 9.62 Å². The third kappa shape index (κ3) is 4.71. The molecule has 2 aromatic rings. The van der Waals surface area contributed by atoms with Gasteiger partial charge in [0.05, 0.1) is 12.3 Å². The molecule has 0 saturated carbocycles. The van der Waals surface area contributed by atoms with Gasteiger partial charge in [-0.25, -0.2) is 8.42 Å². The van der Waals surface area contributed by atoms with E-state index in [0.717, 1.165) is 6.42 Å². The van der Waals surface area contributed by atoms with Crippen LogP contribution in [0.4, 0.5) is 0 Å². The lowest BCUT2D eigenvalue weighted by Crippen LogP contribution is -2.38. The van der Waals surface area contributed by atoms with E-state index in [2.05, 4.69) is 29.6 Å². The molecule has 1 amide bonds. The first-order chi connectivity index (χ1) is 12.6. The maximum Gasteiger partial charge on any atom is 0.235 e. The van der Waals surface area contributed by atoms with E-state index in [1.807, 2.05) is 36.4 Å². The number of nitrogens with one attached hydrogen (secondary N) is 1. The van der Waals surface area contributed by atoms with Crippen LogP contribution < -0.4 is 5.32 Å². The monoisotopic (exact) mass is 372 g/mol. The van der Waals surface area contributed by atoms with Gasteiger partial charge in [-0.15, -0.1) is 0 Å². The van der Waals surface area contributed by atoms with Crippen LogP contribution in [0.3, 0.4) is 0 Å². The summed E-state index contributed by atoms with van der Waals surface area (Å²) < 4.78 is 24.9. The number of amides is 1. The van der Waals surface area contributed by atoms with Gasteiger partial charge < -0.3 is 5.32 Å². The van der Waals surface area contributed by atoms with Crippen LogP contribution in [0.25, 0.3) is 0 Å². The number of hydrogen-bond acceptors (Lipinski definition) is 3. The van der Waals surface area contributed by atoms with E-state index in [-0.39, 0.29) is 24.1 Å². The van der Waals surface area contributed by atoms with Crippen molar-refractivity contribution in [1.29, 1.82) is 0 Å². The molecule has 0 aromatic heterocycles. The molecule has 2 aromatic carbocycles.